The van der Waals surface area contributed by atoms with Crippen molar-refractivity contribution in [3.8, 4) is 0 Å². The fourth-order valence-electron chi connectivity index (χ4n) is 2.64. The number of anilines is 1. The van der Waals surface area contributed by atoms with E-state index in [9.17, 15) is 13.6 Å². The number of hydrogen-bond donors (Lipinski definition) is 2. The predicted octanol–water partition coefficient (Wildman–Crippen LogP) is 3.17. The Balaban J connectivity index is 1.87. The minimum absolute atomic E-state index is 0.0650. The molecule has 2 unspecified atom stereocenters. The van der Waals surface area contributed by atoms with Gasteiger partial charge in [0.2, 0.25) is 5.91 Å². The van der Waals surface area contributed by atoms with Crippen molar-refractivity contribution in [3.05, 3.63) is 29.8 Å². The van der Waals surface area contributed by atoms with E-state index in [2.05, 4.69) is 16.9 Å². The van der Waals surface area contributed by atoms with Gasteiger partial charge >= 0.3 is 0 Å². The van der Waals surface area contributed by atoms with Crippen LogP contribution in [0, 0.1) is 11.6 Å². The van der Waals surface area contributed by atoms with Crippen LogP contribution in [-0.4, -0.2) is 30.0 Å². The van der Waals surface area contributed by atoms with Gasteiger partial charge in [-0.3, -0.25) is 4.79 Å². The highest BCUT2D eigenvalue weighted by atomic mass is 32.2. The summed E-state index contributed by atoms with van der Waals surface area (Å²) in [5.41, 5.74) is -0.380. The molecule has 0 bridgehead atoms. The molecule has 1 aliphatic carbocycles. The van der Waals surface area contributed by atoms with Gasteiger partial charge in [0.05, 0.1) is 6.54 Å². The van der Waals surface area contributed by atoms with E-state index in [1.54, 1.807) is 11.8 Å². The highest BCUT2D eigenvalue weighted by Crippen LogP contribution is 2.27. The van der Waals surface area contributed by atoms with E-state index in [0.29, 0.717) is 5.25 Å². The van der Waals surface area contributed by atoms with Crippen molar-refractivity contribution in [1.82, 2.24) is 5.32 Å². The SMILES string of the molecule is CSC1CCCCC1NCC(=O)Nc1c(F)cccc1F. The maximum Gasteiger partial charge on any atom is 0.238 e. The summed E-state index contributed by atoms with van der Waals surface area (Å²) >= 11 is 1.80. The predicted molar refractivity (Wildman–Crippen MR) is 82.5 cm³/mol. The van der Waals surface area contributed by atoms with Gasteiger partial charge in [-0.2, -0.15) is 11.8 Å². The van der Waals surface area contributed by atoms with Gasteiger partial charge in [-0.25, -0.2) is 8.78 Å². The third kappa shape index (κ3) is 4.41. The number of hydrogen-bond acceptors (Lipinski definition) is 3. The van der Waals surface area contributed by atoms with Crippen LogP contribution in [-0.2, 0) is 4.79 Å². The maximum atomic E-state index is 13.4. The zero-order valence-electron chi connectivity index (χ0n) is 12.0. The Kier molecular flexibility index (Phi) is 5.99. The molecule has 0 spiro atoms. The van der Waals surface area contributed by atoms with E-state index in [1.807, 2.05) is 0 Å². The van der Waals surface area contributed by atoms with Crippen LogP contribution in [0.1, 0.15) is 25.7 Å². The summed E-state index contributed by atoms with van der Waals surface area (Å²) < 4.78 is 26.9. The van der Waals surface area contributed by atoms with Crippen molar-refractivity contribution >= 4 is 23.4 Å². The largest absolute Gasteiger partial charge is 0.320 e. The van der Waals surface area contributed by atoms with Gasteiger partial charge in [0.1, 0.15) is 17.3 Å². The topological polar surface area (TPSA) is 41.1 Å². The average molecular weight is 314 g/mol. The highest BCUT2D eigenvalue weighted by molar-refractivity contribution is 7.99. The van der Waals surface area contributed by atoms with Gasteiger partial charge in [0.25, 0.3) is 0 Å². The minimum atomic E-state index is -0.761. The number of thioether (sulfide) groups is 1. The van der Waals surface area contributed by atoms with E-state index in [1.165, 1.54) is 12.5 Å². The molecular formula is C15H20F2N2OS. The number of rotatable bonds is 5. The van der Waals surface area contributed by atoms with E-state index in [4.69, 9.17) is 0 Å². The van der Waals surface area contributed by atoms with Gasteiger partial charge in [-0.05, 0) is 31.2 Å². The molecule has 2 atom stereocenters. The fourth-order valence-corrected chi connectivity index (χ4v) is 3.60. The molecule has 1 aromatic carbocycles. The quantitative estimate of drug-likeness (QED) is 0.877. The van der Waals surface area contributed by atoms with Crippen LogP contribution >= 0.6 is 11.8 Å². The number of halogens is 2. The molecule has 1 aliphatic rings. The number of para-hydroxylation sites is 1. The van der Waals surface area contributed by atoms with Crippen molar-refractivity contribution < 1.29 is 13.6 Å². The first-order valence-electron chi connectivity index (χ1n) is 7.12. The molecule has 1 fully saturated rings. The van der Waals surface area contributed by atoms with Crippen LogP contribution < -0.4 is 10.6 Å². The van der Waals surface area contributed by atoms with Crippen molar-refractivity contribution in [3.63, 3.8) is 0 Å². The molecule has 2 N–H and O–H groups in total. The third-order valence-electron chi connectivity index (χ3n) is 3.76. The molecule has 1 aromatic rings. The second kappa shape index (κ2) is 7.75. The van der Waals surface area contributed by atoms with Crippen LogP contribution in [0.2, 0.25) is 0 Å². The minimum Gasteiger partial charge on any atom is -0.320 e. The molecule has 116 valence electrons. The molecule has 1 saturated carbocycles. The first-order chi connectivity index (χ1) is 10.1. The molecule has 21 heavy (non-hydrogen) atoms. The van der Waals surface area contributed by atoms with Gasteiger partial charge in [0.15, 0.2) is 0 Å². The normalized spacial score (nSPS) is 22.0. The Hall–Kier alpha value is -1.14. The lowest BCUT2D eigenvalue weighted by atomic mass is 9.95. The average Bonchev–Trinajstić information content (AvgIpc) is 2.49. The number of benzene rings is 1. The van der Waals surface area contributed by atoms with Crippen molar-refractivity contribution in [2.24, 2.45) is 0 Å². The summed E-state index contributed by atoms with van der Waals surface area (Å²) in [5.74, 6) is -1.95. The maximum absolute atomic E-state index is 13.4. The van der Waals surface area contributed by atoms with E-state index < -0.39 is 17.5 Å². The monoisotopic (exact) mass is 314 g/mol. The Bertz CT molecular complexity index is 478. The lowest BCUT2D eigenvalue weighted by Crippen LogP contribution is -2.43. The smallest absolute Gasteiger partial charge is 0.238 e. The third-order valence-corrected chi connectivity index (χ3v) is 4.93. The van der Waals surface area contributed by atoms with Crippen LogP contribution in [0.15, 0.2) is 18.2 Å². The first kappa shape index (κ1) is 16.2. The van der Waals surface area contributed by atoms with Gasteiger partial charge < -0.3 is 10.6 Å². The van der Waals surface area contributed by atoms with Crippen LogP contribution in [0.4, 0.5) is 14.5 Å². The molecule has 6 heteroatoms. The first-order valence-corrected chi connectivity index (χ1v) is 8.40. The van der Waals surface area contributed by atoms with Crippen LogP contribution in [0.3, 0.4) is 0 Å². The second-order valence-corrected chi connectivity index (χ2v) is 6.27. The Morgan fingerprint density at radius 2 is 1.95 bits per heavy atom. The summed E-state index contributed by atoms with van der Waals surface area (Å²) in [6, 6.07) is 3.79. The summed E-state index contributed by atoms with van der Waals surface area (Å²) in [5, 5.41) is 5.99. The Labute approximate surface area is 127 Å². The van der Waals surface area contributed by atoms with Crippen LogP contribution in [0.25, 0.3) is 0 Å². The zero-order valence-corrected chi connectivity index (χ0v) is 12.8. The standard InChI is InChI=1S/C15H20F2N2OS/c1-21-13-8-3-2-7-12(13)18-9-14(20)19-15-10(16)5-4-6-11(15)17/h4-6,12-13,18H,2-3,7-9H2,1H3,(H,19,20). The van der Waals surface area contributed by atoms with E-state index in [0.717, 1.165) is 31.4 Å². The fraction of sp³-hybridized carbons (Fsp3) is 0.533. The zero-order chi connectivity index (χ0) is 15.2. The number of carbonyl (C=O) groups excluding carboxylic acids is 1. The Morgan fingerprint density at radius 1 is 1.29 bits per heavy atom. The lowest BCUT2D eigenvalue weighted by molar-refractivity contribution is -0.115. The van der Waals surface area contributed by atoms with Crippen molar-refractivity contribution in [2.75, 3.05) is 18.1 Å². The van der Waals surface area contributed by atoms with Gasteiger partial charge in [0, 0.05) is 11.3 Å². The second-order valence-electron chi connectivity index (χ2n) is 5.19. The van der Waals surface area contributed by atoms with E-state index in [-0.39, 0.29) is 18.3 Å². The number of nitrogens with one attached hydrogen (secondary N) is 2. The summed E-state index contributed by atoms with van der Waals surface area (Å²) in [7, 11) is 0. The summed E-state index contributed by atoms with van der Waals surface area (Å²) in [6.45, 7) is 0.0650. The number of carbonyl (C=O) groups is 1. The molecule has 1 amide bonds. The molecule has 0 saturated heterocycles. The molecule has 2 rings (SSSR count). The molecule has 0 heterocycles. The van der Waals surface area contributed by atoms with E-state index >= 15 is 0 Å². The Morgan fingerprint density at radius 3 is 2.62 bits per heavy atom. The molecular weight excluding hydrogens is 294 g/mol. The summed E-state index contributed by atoms with van der Waals surface area (Å²) in [6.07, 6.45) is 6.61. The lowest BCUT2D eigenvalue weighted by Gasteiger charge is -2.30. The summed E-state index contributed by atoms with van der Waals surface area (Å²) in [4.78, 5) is 11.8. The molecule has 0 aromatic heterocycles. The van der Waals surface area contributed by atoms with Crippen molar-refractivity contribution in [2.45, 2.75) is 37.0 Å². The molecule has 0 aliphatic heterocycles. The molecule has 0 radical (unpaired) electrons. The van der Waals surface area contributed by atoms with Crippen LogP contribution in [0.5, 0.6) is 0 Å². The highest BCUT2D eigenvalue weighted by Gasteiger charge is 2.24. The van der Waals surface area contributed by atoms with Gasteiger partial charge in [-0.15, -0.1) is 0 Å². The molecule has 3 nitrogen and oxygen atoms in total. The van der Waals surface area contributed by atoms with Crippen molar-refractivity contribution in [1.29, 1.82) is 0 Å². The van der Waals surface area contributed by atoms with Gasteiger partial charge in [-0.1, -0.05) is 18.9 Å². The number of amides is 1.